The van der Waals surface area contributed by atoms with Gasteiger partial charge in [-0.25, -0.2) is 0 Å². The van der Waals surface area contributed by atoms with Gasteiger partial charge in [-0.05, 0) is 30.3 Å². The summed E-state index contributed by atoms with van der Waals surface area (Å²) in [5, 5.41) is 19.2. The van der Waals surface area contributed by atoms with Crippen molar-refractivity contribution in [2.45, 2.75) is 6.54 Å². The summed E-state index contributed by atoms with van der Waals surface area (Å²) in [5.41, 5.74) is 7.94. The maximum atomic E-state index is 9.75. The molecule has 0 aromatic heterocycles. The van der Waals surface area contributed by atoms with E-state index in [1.54, 1.807) is 36.4 Å². The van der Waals surface area contributed by atoms with Crippen LogP contribution in [0.4, 0.5) is 11.4 Å². The quantitative estimate of drug-likeness (QED) is 0.572. The number of aromatic hydroxyl groups is 2. The van der Waals surface area contributed by atoms with Crippen molar-refractivity contribution in [1.29, 1.82) is 0 Å². The molecule has 0 aliphatic carbocycles. The van der Waals surface area contributed by atoms with Crippen LogP contribution in [-0.4, -0.2) is 17.3 Å². The number of anilines is 2. The van der Waals surface area contributed by atoms with Crippen LogP contribution in [0, 0.1) is 0 Å². The van der Waals surface area contributed by atoms with E-state index in [1.807, 2.05) is 18.0 Å². The highest BCUT2D eigenvalue weighted by Gasteiger charge is 2.07. The van der Waals surface area contributed by atoms with Gasteiger partial charge in [0.1, 0.15) is 11.5 Å². The van der Waals surface area contributed by atoms with Crippen LogP contribution in [-0.2, 0) is 6.54 Å². The Kier molecular flexibility index (Phi) is 3.28. The van der Waals surface area contributed by atoms with E-state index in [1.165, 1.54) is 0 Å². The largest absolute Gasteiger partial charge is 0.508 e. The number of phenols is 2. The Morgan fingerprint density at radius 2 is 1.89 bits per heavy atom. The monoisotopic (exact) mass is 244 g/mol. The molecule has 4 nitrogen and oxygen atoms in total. The topological polar surface area (TPSA) is 69.7 Å². The Labute approximate surface area is 106 Å². The number of nitrogens with two attached hydrogens (primary N) is 1. The molecule has 2 aromatic carbocycles. The van der Waals surface area contributed by atoms with E-state index in [4.69, 9.17) is 5.73 Å². The first-order valence-corrected chi connectivity index (χ1v) is 5.64. The lowest BCUT2D eigenvalue weighted by Gasteiger charge is -2.20. The number of hydrogen-bond acceptors (Lipinski definition) is 4. The molecule has 0 amide bonds. The molecule has 0 heterocycles. The molecule has 2 aromatic rings. The van der Waals surface area contributed by atoms with Crippen LogP contribution in [0.2, 0.25) is 0 Å². The first-order chi connectivity index (χ1) is 8.56. The van der Waals surface area contributed by atoms with Crippen molar-refractivity contribution in [3.63, 3.8) is 0 Å². The van der Waals surface area contributed by atoms with Crippen LogP contribution in [0.3, 0.4) is 0 Å². The number of rotatable bonds is 3. The molecule has 0 unspecified atom stereocenters. The Hall–Kier alpha value is -2.36. The zero-order valence-corrected chi connectivity index (χ0v) is 10.2. The summed E-state index contributed by atoms with van der Waals surface area (Å²) >= 11 is 0. The van der Waals surface area contributed by atoms with Crippen LogP contribution in [0.15, 0.2) is 42.5 Å². The first kappa shape index (κ1) is 12.1. The third kappa shape index (κ3) is 2.66. The summed E-state index contributed by atoms with van der Waals surface area (Å²) in [5.74, 6) is 0.437. The number of nitrogens with zero attached hydrogens (tertiary/aromatic N) is 1. The van der Waals surface area contributed by atoms with Gasteiger partial charge in [0.25, 0.3) is 0 Å². The van der Waals surface area contributed by atoms with Crippen LogP contribution in [0.25, 0.3) is 0 Å². The summed E-state index contributed by atoms with van der Waals surface area (Å²) in [6.45, 7) is 0.514. The van der Waals surface area contributed by atoms with E-state index < -0.39 is 0 Å². The van der Waals surface area contributed by atoms with Crippen molar-refractivity contribution in [2.24, 2.45) is 0 Å². The molecule has 4 heteroatoms. The smallest absolute Gasteiger partial charge is 0.120 e. The molecule has 18 heavy (non-hydrogen) atoms. The average molecular weight is 244 g/mol. The van der Waals surface area contributed by atoms with Gasteiger partial charge in [0.05, 0.1) is 0 Å². The molecule has 4 N–H and O–H groups in total. The molecule has 0 atom stereocenters. The zero-order chi connectivity index (χ0) is 13.1. The van der Waals surface area contributed by atoms with Crippen LogP contribution in [0.5, 0.6) is 11.5 Å². The third-order valence-electron chi connectivity index (χ3n) is 2.78. The van der Waals surface area contributed by atoms with Crippen LogP contribution in [0.1, 0.15) is 5.56 Å². The number of hydrogen-bond donors (Lipinski definition) is 3. The lowest BCUT2D eigenvalue weighted by molar-refractivity contribution is 0.468. The number of benzene rings is 2. The standard InChI is InChI=1S/C14H16N2O2/c1-16(12-3-2-4-13(17)8-12)9-10-7-11(15)5-6-14(10)18/h2-8,17-18H,9,15H2,1H3. The van der Waals surface area contributed by atoms with Gasteiger partial charge < -0.3 is 20.8 Å². The summed E-state index contributed by atoms with van der Waals surface area (Å²) in [6, 6.07) is 11.9. The van der Waals surface area contributed by atoms with E-state index >= 15 is 0 Å². The second-order valence-electron chi connectivity index (χ2n) is 4.26. The highest BCUT2D eigenvalue weighted by atomic mass is 16.3. The van der Waals surface area contributed by atoms with Crippen molar-refractivity contribution in [3.05, 3.63) is 48.0 Å². The summed E-state index contributed by atoms with van der Waals surface area (Å²) in [6.07, 6.45) is 0. The maximum absolute atomic E-state index is 9.75. The summed E-state index contributed by atoms with van der Waals surface area (Å²) in [7, 11) is 1.89. The summed E-state index contributed by atoms with van der Waals surface area (Å²) < 4.78 is 0. The second kappa shape index (κ2) is 4.87. The molecule has 0 saturated heterocycles. The van der Waals surface area contributed by atoms with Gasteiger partial charge in [0.2, 0.25) is 0 Å². The fraction of sp³-hybridized carbons (Fsp3) is 0.143. The minimum absolute atomic E-state index is 0.219. The van der Waals surface area contributed by atoms with Gasteiger partial charge >= 0.3 is 0 Å². The fourth-order valence-corrected chi connectivity index (χ4v) is 1.81. The van der Waals surface area contributed by atoms with E-state index in [0.717, 1.165) is 11.3 Å². The molecular weight excluding hydrogens is 228 g/mol. The minimum atomic E-state index is 0.219. The van der Waals surface area contributed by atoms with E-state index in [9.17, 15) is 10.2 Å². The van der Waals surface area contributed by atoms with Crippen molar-refractivity contribution >= 4 is 11.4 Å². The zero-order valence-electron chi connectivity index (χ0n) is 10.2. The number of nitrogen functional groups attached to an aromatic ring is 1. The molecule has 94 valence electrons. The maximum Gasteiger partial charge on any atom is 0.120 e. The fourth-order valence-electron chi connectivity index (χ4n) is 1.81. The van der Waals surface area contributed by atoms with Gasteiger partial charge in [0.15, 0.2) is 0 Å². The highest BCUT2D eigenvalue weighted by Crippen LogP contribution is 2.25. The minimum Gasteiger partial charge on any atom is -0.508 e. The van der Waals surface area contributed by atoms with Gasteiger partial charge in [-0.3, -0.25) is 0 Å². The van der Waals surface area contributed by atoms with Crippen LogP contribution >= 0.6 is 0 Å². The predicted octanol–water partition coefficient (Wildman–Crippen LogP) is 2.32. The lowest BCUT2D eigenvalue weighted by Crippen LogP contribution is -2.16. The van der Waals surface area contributed by atoms with Crippen molar-refractivity contribution < 1.29 is 10.2 Å². The molecule has 0 radical (unpaired) electrons. The normalized spacial score (nSPS) is 10.3. The van der Waals surface area contributed by atoms with E-state index in [-0.39, 0.29) is 11.5 Å². The summed E-state index contributed by atoms with van der Waals surface area (Å²) in [4.78, 5) is 1.92. The molecular formula is C14H16N2O2. The van der Waals surface area contributed by atoms with Gasteiger partial charge in [-0.15, -0.1) is 0 Å². The molecule has 0 aliphatic rings. The first-order valence-electron chi connectivity index (χ1n) is 5.64. The average Bonchev–Trinajstić information content (AvgIpc) is 2.34. The highest BCUT2D eigenvalue weighted by molar-refractivity contribution is 5.53. The lowest BCUT2D eigenvalue weighted by atomic mass is 10.1. The Balaban J connectivity index is 2.21. The SMILES string of the molecule is CN(Cc1cc(N)ccc1O)c1cccc(O)c1. The van der Waals surface area contributed by atoms with E-state index in [0.29, 0.717) is 12.2 Å². The van der Waals surface area contributed by atoms with Crippen LogP contribution < -0.4 is 10.6 Å². The molecule has 0 aliphatic heterocycles. The third-order valence-corrected chi connectivity index (χ3v) is 2.78. The molecule has 0 bridgehead atoms. The van der Waals surface area contributed by atoms with E-state index in [2.05, 4.69) is 0 Å². The molecule has 2 rings (SSSR count). The predicted molar refractivity (Wildman–Crippen MR) is 72.7 cm³/mol. The second-order valence-corrected chi connectivity index (χ2v) is 4.26. The van der Waals surface area contributed by atoms with Crippen molar-refractivity contribution in [1.82, 2.24) is 0 Å². The van der Waals surface area contributed by atoms with Crippen molar-refractivity contribution in [2.75, 3.05) is 17.7 Å². The van der Waals surface area contributed by atoms with Gasteiger partial charge in [-0.1, -0.05) is 6.07 Å². The van der Waals surface area contributed by atoms with Gasteiger partial charge in [0, 0.05) is 36.6 Å². The Bertz CT molecular complexity index is 555. The Morgan fingerprint density at radius 3 is 2.61 bits per heavy atom. The van der Waals surface area contributed by atoms with Crippen molar-refractivity contribution in [3.8, 4) is 11.5 Å². The molecule has 0 fully saturated rings. The molecule has 0 spiro atoms. The molecule has 0 saturated carbocycles. The van der Waals surface area contributed by atoms with Gasteiger partial charge in [-0.2, -0.15) is 0 Å². The Morgan fingerprint density at radius 1 is 1.11 bits per heavy atom. The number of phenolic OH excluding ortho intramolecular Hbond substituents is 2.